The van der Waals surface area contributed by atoms with E-state index in [-0.39, 0.29) is 5.91 Å². The molecule has 1 amide bonds. The zero-order valence-electron chi connectivity index (χ0n) is 15.3. The second-order valence-corrected chi connectivity index (χ2v) is 6.28. The fraction of sp³-hybridized carbons (Fsp3) is 0.143. The van der Waals surface area contributed by atoms with Gasteiger partial charge in [0.05, 0.1) is 19.2 Å². The molecule has 2 N–H and O–H groups in total. The molecule has 0 saturated carbocycles. The molecular weight excluding hydrogens is 378 g/mol. The van der Waals surface area contributed by atoms with Gasteiger partial charge in [0, 0.05) is 16.9 Å². The van der Waals surface area contributed by atoms with Crippen molar-refractivity contribution in [1.29, 1.82) is 0 Å². The summed E-state index contributed by atoms with van der Waals surface area (Å²) in [5.41, 5.74) is 1.14. The molecule has 0 aliphatic carbocycles. The van der Waals surface area contributed by atoms with E-state index in [9.17, 15) is 4.79 Å². The summed E-state index contributed by atoms with van der Waals surface area (Å²) >= 11 is 5.84. The minimum atomic E-state index is -0.232. The number of anilines is 2. The first-order valence-corrected chi connectivity index (χ1v) is 9.05. The Kier molecular flexibility index (Phi) is 6.70. The molecule has 0 bridgehead atoms. The van der Waals surface area contributed by atoms with Crippen LogP contribution < -0.4 is 20.1 Å². The number of benzene rings is 2. The van der Waals surface area contributed by atoms with Gasteiger partial charge in [-0.2, -0.15) is 0 Å². The van der Waals surface area contributed by atoms with Crippen LogP contribution >= 0.6 is 11.6 Å². The molecular formula is C21H20ClN3O3. The lowest BCUT2D eigenvalue weighted by molar-refractivity contribution is 0.102. The topological polar surface area (TPSA) is 72.5 Å². The number of carbonyl (C=O) groups excluding carboxylic acids is 1. The van der Waals surface area contributed by atoms with Crippen LogP contribution in [0.4, 0.5) is 11.5 Å². The van der Waals surface area contributed by atoms with E-state index in [1.54, 1.807) is 43.5 Å². The fourth-order valence-corrected chi connectivity index (χ4v) is 2.52. The summed E-state index contributed by atoms with van der Waals surface area (Å²) in [5, 5.41) is 6.57. The van der Waals surface area contributed by atoms with Crippen molar-refractivity contribution >= 4 is 29.0 Å². The zero-order valence-corrected chi connectivity index (χ0v) is 16.1. The number of nitrogens with one attached hydrogen (secondary N) is 2. The normalized spacial score (nSPS) is 10.2. The van der Waals surface area contributed by atoms with Gasteiger partial charge in [0.1, 0.15) is 23.9 Å². The third-order valence-electron chi connectivity index (χ3n) is 3.86. The Balaban J connectivity index is 1.44. The molecule has 2 aromatic carbocycles. The lowest BCUT2D eigenvalue weighted by Crippen LogP contribution is -2.14. The van der Waals surface area contributed by atoms with Gasteiger partial charge in [0.25, 0.3) is 5.91 Å². The first-order valence-electron chi connectivity index (χ1n) is 8.68. The quantitative estimate of drug-likeness (QED) is 0.548. The van der Waals surface area contributed by atoms with E-state index in [4.69, 9.17) is 21.1 Å². The molecule has 7 heteroatoms. The van der Waals surface area contributed by atoms with Gasteiger partial charge >= 0.3 is 0 Å². The molecule has 3 aromatic rings. The molecule has 0 aliphatic heterocycles. The fourth-order valence-electron chi connectivity index (χ4n) is 2.39. The van der Waals surface area contributed by atoms with E-state index in [0.717, 1.165) is 11.5 Å². The molecule has 6 nitrogen and oxygen atoms in total. The predicted molar refractivity (Wildman–Crippen MR) is 111 cm³/mol. The van der Waals surface area contributed by atoms with Crippen molar-refractivity contribution < 1.29 is 14.3 Å². The van der Waals surface area contributed by atoms with Gasteiger partial charge in [0.15, 0.2) is 0 Å². The Hall–Kier alpha value is -3.25. The highest BCUT2D eigenvalue weighted by Crippen LogP contribution is 2.17. The van der Waals surface area contributed by atoms with Gasteiger partial charge in [-0.05, 0) is 60.7 Å². The smallest absolute Gasteiger partial charge is 0.257 e. The molecule has 0 aliphatic rings. The van der Waals surface area contributed by atoms with Crippen LogP contribution in [-0.4, -0.2) is 31.2 Å². The lowest BCUT2D eigenvalue weighted by atomic mass is 10.2. The second-order valence-electron chi connectivity index (χ2n) is 5.84. The first-order chi connectivity index (χ1) is 13.6. The Morgan fingerprint density at radius 1 is 1.00 bits per heavy atom. The van der Waals surface area contributed by atoms with Crippen LogP contribution in [-0.2, 0) is 0 Å². The van der Waals surface area contributed by atoms with Crippen LogP contribution in [0.15, 0.2) is 66.9 Å². The summed E-state index contributed by atoms with van der Waals surface area (Å²) in [4.78, 5) is 16.5. The number of hydrogen-bond acceptors (Lipinski definition) is 5. The zero-order chi connectivity index (χ0) is 19.8. The van der Waals surface area contributed by atoms with Crippen LogP contribution in [0.5, 0.6) is 11.5 Å². The minimum absolute atomic E-state index is 0.232. The maximum atomic E-state index is 12.2. The molecule has 0 fully saturated rings. The van der Waals surface area contributed by atoms with Crippen LogP contribution in [0.1, 0.15) is 10.4 Å². The highest BCUT2D eigenvalue weighted by molar-refractivity contribution is 6.30. The number of methoxy groups -OCH3 is 1. The number of aromatic nitrogens is 1. The van der Waals surface area contributed by atoms with Gasteiger partial charge in [-0.3, -0.25) is 4.79 Å². The second kappa shape index (κ2) is 9.62. The largest absolute Gasteiger partial charge is 0.497 e. The maximum absolute atomic E-state index is 12.2. The van der Waals surface area contributed by atoms with Crippen molar-refractivity contribution in [1.82, 2.24) is 4.98 Å². The first kappa shape index (κ1) is 19.5. The summed E-state index contributed by atoms with van der Waals surface area (Å²) in [7, 11) is 1.62. The maximum Gasteiger partial charge on any atom is 0.257 e. The molecule has 3 rings (SSSR count). The van der Waals surface area contributed by atoms with Crippen molar-refractivity contribution in [3.63, 3.8) is 0 Å². The van der Waals surface area contributed by atoms with Crippen molar-refractivity contribution in [3.05, 3.63) is 77.4 Å². The number of halogens is 1. The number of carbonyl (C=O) groups is 1. The molecule has 28 heavy (non-hydrogen) atoms. The van der Waals surface area contributed by atoms with Gasteiger partial charge < -0.3 is 20.1 Å². The molecule has 0 saturated heterocycles. The van der Waals surface area contributed by atoms with Crippen LogP contribution in [0.3, 0.4) is 0 Å². The van der Waals surface area contributed by atoms with Crippen LogP contribution in [0.25, 0.3) is 0 Å². The van der Waals surface area contributed by atoms with Gasteiger partial charge in [-0.15, -0.1) is 0 Å². The van der Waals surface area contributed by atoms with E-state index < -0.39 is 0 Å². The lowest BCUT2D eigenvalue weighted by Gasteiger charge is -2.09. The molecule has 0 atom stereocenters. The summed E-state index contributed by atoms with van der Waals surface area (Å²) < 4.78 is 10.8. The minimum Gasteiger partial charge on any atom is -0.497 e. The highest BCUT2D eigenvalue weighted by atomic mass is 35.5. The molecule has 144 valence electrons. The van der Waals surface area contributed by atoms with Crippen molar-refractivity contribution in [2.45, 2.75) is 0 Å². The molecule has 0 radical (unpaired) electrons. The van der Waals surface area contributed by atoms with E-state index in [0.29, 0.717) is 35.2 Å². The standard InChI is InChI=1S/C21H20ClN3O3/c1-27-18-7-9-19(10-8-18)28-13-12-23-20-11-2-15(14-24-20)21(26)25-17-5-3-16(22)4-6-17/h2-11,14H,12-13H2,1H3,(H,23,24)(H,25,26). The van der Waals surface area contributed by atoms with E-state index in [1.807, 2.05) is 24.3 Å². The van der Waals surface area contributed by atoms with E-state index in [1.165, 1.54) is 6.20 Å². The molecule has 0 unspecified atom stereocenters. The van der Waals surface area contributed by atoms with Crippen LogP contribution in [0, 0.1) is 0 Å². The highest BCUT2D eigenvalue weighted by Gasteiger charge is 2.07. The van der Waals surface area contributed by atoms with Crippen molar-refractivity contribution in [2.24, 2.45) is 0 Å². The van der Waals surface area contributed by atoms with Gasteiger partial charge in [-0.1, -0.05) is 11.6 Å². The average molecular weight is 398 g/mol. The average Bonchev–Trinajstić information content (AvgIpc) is 2.73. The summed E-state index contributed by atoms with van der Waals surface area (Å²) in [6.07, 6.45) is 1.53. The molecule has 1 aromatic heterocycles. The SMILES string of the molecule is COc1ccc(OCCNc2ccc(C(=O)Nc3ccc(Cl)cc3)cn2)cc1. The number of ether oxygens (including phenoxy) is 2. The summed E-state index contributed by atoms with van der Waals surface area (Å²) in [5.74, 6) is 1.99. The number of amides is 1. The Morgan fingerprint density at radius 3 is 2.36 bits per heavy atom. The number of nitrogens with zero attached hydrogens (tertiary/aromatic N) is 1. The van der Waals surface area contributed by atoms with Crippen molar-refractivity contribution in [2.75, 3.05) is 30.9 Å². The van der Waals surface area contributed by atoms with Gasteiger partial charge in [0.2, 0.25) is 0 Å². The number of rotatable bonds is 8. The predicted octanol–water partition coefficient (Wildman–Crippen LogP) is 4.49. The number of hydrogen-bond donors (Lipinski definition) is 2. The molecule has 0 spiro atoms. The number of pyridine rings is 1. The van der Waals surface area contributed by atoms with Gasteiger partial charge in [-0.25, -0.2) is 4.98 Å². The Morgan fingerprint density at radius 2 is 1.71 bits per heavy atom. The summed E-state index contributed by atoms with van der Waals surface area (Å²) in [6, 6.07) is 17.8. The third-order valence-corrected chi connectivity index (χ3v) is 4.12. The van der Waals surface area contributed by atoms with Crippen LogP contribution in [0.2, 0.25) is 5.02 Å². The Bertz CT molecular complexity index is 898. The van der Waals surface area contributed by atoms with E-state index >= 15 is 0 Å². The third kappa shape index (κ3) is 5.62. The summed E-state index contributed by atoms with van der Waals surface area (Å²) in [6.45, 7) is 1.06. The van der Waals surface area contributed by atoms with Crippen molar-refractivity contribution in [3.8, 4) is 11.5 Å². The molecule has 1 heterocycles. The monoisotopic (exact) mass is 397 g/mol. The Labute approximate surface area is 168 Å². The van der Waals surface area contributed by atoms with E-state index in [2.05, 4.69) is 15.6 Å².